The van der Waals surface area contributed by atoms with Gasteiger partial charge in [-0.1, -0.05) is 0 Å². The van der Waals surface area contributed by atoms with Crippen molar-refractivity contribution in [1.29, 1.82) is 0 Å². The number of benzene rings is 1. The van der Waals surface area contributed by atoms with Gasteiger partial charge in [-0.3, -0.25) is 0 Å². The van der Waals surface area contributed by atoms with Crippen molar-refractivity contribution in [3.63, 3.8) is 0 Å². The van der Waals surface area contributed by atoms with Gasteiger partial charge in [0.2, 0.25) is 0 Å². The fraction of sp³-hybridized carbons (Fsp3) is 0.417. The second kappa shape index (κ2) is 6.47. The van der Waals surface area contributed by atoms with Crippen molar-refractivity contribution in [2.24, 2.45) is 0 Å². The van der Waals surface area contributed by atoms with Gasteiger partial charge in [0.15, 0.2) is 5.75 Å². The Bertz CT molecular complexity index is 476. The summed E-state index contributed by atoms with van der Waals surface area (Å²) in [6.45, 7) is 1.82. The van der Waals surface area contributed by atoms with Crippen LogP contribution in [0.4, 0.5) is 18.9 Å². The van der Waals surface area contributed by atoms with Gasteiger partial charge in [0, 0.05) is 7.11 Å². The van der Waals surface area contributed by atoms with Gasteiger partial charge in [-0.05, 0) is 25.1 Å². The second-order valence-electron chi connectivity index (χ2n) is 3.97. The number of ether oxygens (including phenoxy) is 3. The molecule has 0 aromatic heterocycles. The van der Waals surface area contributed by atoms with E-state index in [0.29, 0.717) is 0 Å². The van der Waals surface area contributed by atoms with E-state index in [1.807, 2.05) is 0 Å². The molecule has 1 aromatic rings. The molecular formula is C12H14F3NO4. The number of nitrogens with two attached hydrogens (primary N) is 1. The van der Waals surface area contributed by atoms with Crippen LogP contribution in [0.3, 0.4) is 0 Å². The molecule has 1 aromatic carbocycles. The van der Waals surface area contributed by atoms with E-state index in [9.17, 15) is 18.0 Å². The molecule has 0 aliphatic heterocycles. The van der Waals surface area contributed by atoms with Crippen LogP contribution in [0.25, 0.3) is 0 Å². The molecule has 1 atom stereocenters. The summed E-state index contributed by atoms with van der Waals surface area (Å²) < 4.78 is 49.6. The van der Waals surface area contributed by atoms with E-state index in [-0.39, 0.29) is 17.9 Å². The fourth-order valence-electron chi connectivity index (χ4n) is 1.41. The summed E-state index contributed by atoms with van der Waals surface area (Å²) in [6.07, 6.45) is -5.33. The maximum atomic E-state index is 12.1. The quantitative estimate of drug-likeness (QED) is 0.666. The van der Waals surface area contributed by atoms with Gasteiger partial charge in [0.05, 0.1) is 17.9 Å². The summed E-state index contributed by atoms with van der Waals surface area (Å²) in [5.41, 5.74) is 5.12. The van der Waals surface area contributed by atoms with Gasteiger partial charge in [0.25, 0.3) is 0 Å². The lowest BCUT2D eigenvalue weighted by molar-refractivity contribution is -0.274. The van der Waals surface area contributed by atoms with E-state index < -0.39 is 24.2 Å². The van der Waals surface area contributed by atoms with Crippen LogP contribution in [0.5, 0.6) is 5.75 Å². The number of methoxy groups -OCH3 is 1. The number of rotatable bonds is 5. The normalized spacial score (nSPS) is 12.8. The van der Waals surface area contributed by atoms with Crippen molar-refractivity contribution in [2.75, 3.05) is 19.5 Å². The Hall–Kier alpha value is -1.96. The monoisotopic (exact) mass is 293 g/mol. The molecular weight excluding hydrogens is 279 g/mol. The molecule has 0 saturated heterocycles. The number of halogens is 3. The molecule has 0 fully saturated rings. The lowest BCUT2D eigenvalue weighted by atomic mass is 10.2. The summed E-state index contributed by atoms with van der Waals surface area (Å²) in [4.78, 5) is 11.7. The van der Waals surface area contributed by atoms with E-state index >= 15 is 0 Å². The van der Waals surface area contributed by atoms with E-state index in [4.69, 9.17) is 15.2 Å². The largest absolute Gasteiger partial charge is 0.573 e. The Morgan fingerprint density at radius 3 is 2.55 bits per heavy atom. The topological polar surface area (TPSA) is 70.8 Å². The summed E-state index contributed by atoms with van der Waals surface area (Å²) in [5.74, 6) is -1.28. The Labute approximate surface area is 113 Å². The molecule has 1 unspecified atom stereocenters. The van der Waals surface area contributed by atoms with Crippen LogP contribution in [0, 0.1) is 0 Å². The number of esters is 1. The first-order valence-electron chi connectivity index (χ1n) is 5.58. The number of anilines is 1. The molecule has 1 rings (SSSR count). The molecule has 0 aliphatic carbocycles. The van der Waals surface area contributed by atoms with Gasteiger partial charge >= 0.3 is 12.3 Å². The van der Waals surface area contributed by atoms with Crippen molar-refractivity contribution in [3.05, 3.63) is 23.8 Å². The maximum absolute atomic E-state index is 12.1. The highest BCUT2D eigenvalue weighted by Crippen LogP contribution is 2.29. The van der Waals surface area contributed by atoms with Crippen LogP contribution < -0.4 is 10.5 Å². The first kappa shape index (κ1) is 16.1. The lowest BCUT2D eigenvalue weighted by Crippen LogP contribution is -2.20. The first-order valence-corrected chi connectivity index (χ1v) is 5.58. The minimum Gasteiger partial charge on any atom is -0.457 e. The molecule has 0 aliphatic rings. The zero-order valence-corrected chi connectivity index (χ0v) is 10.9. The summed E-state index contributed by atoms with van der Waals surface area (Å²) in [7, 11) is 1.45. The minimum atomic E-state index is -4.84. The van der Waals surface area contributed by atoms with Gasteiger partial charge in [0.1, 0.15) is 6.10 Å². The zero-order valence-electron chi connectivity index (χ0n) is 10.9. The fourth-order valence-corrected chi connectivity index (χ4v) is 1.41. The minimum absolute atomic E-state index is 0.0278. The average molecular weight is 293 g/mol. The van der Waals surface area contributed by atoms with Crippen LogP contribution in [-0.2, 0) is 9.47 Å². The number of hydrogen-bond donors (Lipinski definition) is 1. The number of carbonyl (C=O) groups excluding carboxylic acids is 1. The molecule has 0 saturated carbocycles. The highest BCUT2D eigenvalue weighted by atomic mass is 19.4. The molecule has 2 N–H and O–H groups in total. The highest BCUT2D eigenvalue weighted by Gasteiger charge is 2.32. The number of hydrogen-bond acceptors (Lipinski definition) is 5. The molecule has 0 amide bonds. The summed E-state index contributed by atoms with van der Waals surface area (Å²) >= 11 is 0. The van der Waals surface area contributed by atoms with Crippen LogP contribution in [0.15, 0.2) is 18.2 Å². The molecule has 8 heteroatoms. The predicted molar refractivity (Wildman–Crippen MR) is 64.3 cm³/mol. The highest BCUT2D eigenvalue weighted by molar-refractivity contribution is 5.91. The van der Waals surface area contributed by atoms with E-state index in [1.54, 1.807) is 6.92 Å². The Balaban J connectivity index is 2.79. The average Bonchev–Trinajstić information content (AvgIpc) is 2.30. The van der Waals surface area contributed by atoms with Crippen molar-refractivity contribution in [3.8, 4) is 5.75 Å². The standard InChI is InChI=1S/C12H14F3NO4/c1-7(6-18-2)19-11(17)8-3-4-10(9(16)5-8)20-12(13,14)15/h3-5,7H,6,16H2,1-2H3. The van der Waals surface area contributed by atoms with Crippen LogP contribution >= 0.6 is 0 Å². The van der Waals surface area contributed by atoms with Crippen LogP contribution in [0.2, 0.25) is 0 Å². The number of alkyl halides is 3. The Morgan fingerprint density at radius 1 is 1.40 bits per heavy atom. The van der Waals surface area contributed by atoms with Crippen molar-refractivity contribution in [2.45, 2.75) is 19.4 Å². The van der Waals surface area contributed by atoms with E-state index in [0.717, 1.165) is 18.2 Å². The van der Waals surface area contributed by atoms with Gasteiger partial charge in [-0.15, -0.1) is 13.2 Å². The lowest BCUT2D eigenvalue weighted by Gasteiger charge is -2.14. The maximum Gasteiger partial charge on any atom is 0.573 e. The van der Waals surface area contributed by atoms with Crippen LogP contribution in [-0.4, -0.2) is 32.2 Å². The zero-order chi connectivity index (χ0) is 15.3. The van der Waals surface area contributed by atoms with Crippen LogP contribution in [0.1, 0.15) is 17.3 Å². The Kier molecular flexibility index (Phi) is 5.20. The van der Waals surface area contributed by atoms with E-state index in [1.165, 1.54) is 7.11 Å². The molecule has 5 nitrogen and oxygen atoms in total. The predicted octanol–water partition coefficient (Wildman–Crippen LogP) is 2.36. The number of nitrogen functional groups attached to an aromatic ring is 1. The van der Waals surface area contributed by atoms with Crippen molar-refractivity contribution >= 4 is 11.7 Å². The third kappa shape index (κ3) is 4.96. The van der Waals surface area contributed by atoms with Crippen molar-refractivity contribution in [1.82, 2.24) is 0 Å². The van der Waals surface area contributed by atoms with E-state index in [2.05, 4.69) is 4.74 Å². The molecule has 0 bridgehead atoms. The molecule has 0 spiro atoms. The van der Waals surface area contributed by atoms with Gasteiger partial charge in [-0.2, -0.15) is 0 Å². The third-order valence-corrected chi connectivity index (χ3v) is 2.18. The molecule has 20 heavy (non-hydrogen) atoms. The first-order chi connectivity index (χ1) is 9.23. The summed E-state index contributed by atoms with van der Waals surface area (Å²) in [6, 6.07) is 3.16. The molecule has 0 radical (unpaired) electrons. The third-order valence-electron chi connectivity index (χ3n) is 2.18. The smallest absolute Gasteiger partial charge is 0.457 e. The van der Waals surface area contributed by atoms with Crippen molar-refractivity contribution < 1.29 is 32.2 Å². The Morgan fingerprint density at radius 2 is 2.05 bits per heavy atom. The second-order valence-corrected chi connectivity index (χ2v) is 3.97. The van der Waals surface area contributed by atoms with Gasteiger partial charge < -0.3 is 19.9 Å². The van der Waals surface area contributed by atoms with Gasteiger partial charge in [-0.25, -0.2) is 4.79 Å². The molecule has 112 valence electrons. The number of carbonyl (C=O) groups is 1. The molecule has 0 heterocycles. The SMILES string of the molecule is COCC(C)OC(=O)c1ccc(OC(F)(F)F)c(N)c1. The summed E-state index contributed by atoms with van der Waals surface area (Å²) in [5, 5.41) is 0.